The van der Waals surface area contributed by atoms with Crippen LogP contribution in [-0.4, -0.2) is 37.9 Å². The molecule has 0 saturated carbocycles. The number of nitrogens with zero attached hydrogens (tertiary/aromatic N) is 1. The number of rotatable bonds is 4. The van der Waals surface area contributed by atoms with Crippen LogP contribution in [0, 0.1) is 11.3 Å². The predicted octanol–water partition coefficient (Wildman–Crippen LogP) is 0.664. The molecule has 112 valence electrons. The molecule has 1 unspecified atom stereocenters. The Bertz CT molecular complexity index is 694. The fourth-order valence-corrected chi connectivity index (χ4v) is 4.46. The van der Waals surface area contributed by atoms with Crippen molar-refractivity contribution in [3.63, 3.8) is 0 Å². The maximum atomic E-state index is 11.9. The number of amides is 1. The Kier molecular flexibility index (Phi) is 4.19. The summed E-state index contributed by atoms with van der Waals surface area (Å²) in [6.45, 7) is 1.77. The number of benzene rings is 1. The molecule has 1 aliphatic rings. The number of carbonyl (C=O) groups excluding carboxylic acids is 1. The van der Waals surface area contributed by atoms with Crippen molar-refractivity contribution in [3.8, 4) is 6.07 Å². The van der Waals surface area contributed by atoms with Gasteiger partial charge in [-0.2, -0.15) is 5.26 Å². The summed E-state index contributed by atoms with van der Waals surface area (Å²) in [6, 6.07) is 8.83. The number of sulfone groups is 1. The molecule has 1 amide bonds. The highest BCUT2D eigenvalue weighted by atomic mass is 32.2. The molecule has 1 aromatic carbocycles. The highest BCUT2D eigenvalue weighted by Gasteiger charge is 2.39. The first-order valence-corrected chi connectivity index (χ1v) is 8.40. The predicted molar refractivity (Wildman–Crippen MR) is 79.5 cm³/mol. The van der Waals surface area contributed by atoms with Gasteiger partial charge in [0, 0.05) is 5.69 Å². The first-order chi connectivity index (χ1) is 9.82. The van der Waals surface area contributed by atoms with Gasteiger partial charge < -0.3 is 10.6 Å². The summed E-state index contributed by atoms with van der Waals surface area (Å²) in [4.78, 5) is 11.9. The molecule has 0 radical (unpaired) electrons. The van der Waals surface area contributed by atoms with E-state index in [4.69, 9.17) is 5.26 Å². The van der Waals surface area contributed by atoms with Gasteiger partial charge in [0.1, 0.15) is 0 Å². The van der Waals surface area contributed by atoms with Gasteiger partial charge >= 0.3 is 0 Å². The summed E-state index contributed by atoms with van der Waals surface area (Å²) in [5, 5.41) is 14.5. The van der Waals surface area contributed by atoms with E-state index in [-0.39, 0.29) is 24.0 Å². The molecule has 0 spiro atoms. The first kappa shape index (κ1) is 15.3. The van der Waals surface area contributed by atoms with E-state index in [9.17, 15) is 13.2 Å². The van der Waals surface area contributed by atoms with Crippen molar-refractivity contribution in [2.24, 2.45) is 0 Å². The third-order valence-corrected chi connectivity index (χ3v) is 5.29. The molecule has 0 aromatic heterocycles. The molecule has 2 N–H and O–H groups in total. The minimum Gasteiger partial charge on any atom is -0.376 e. The average molecular weight is 307 g/mol. The van der Waals surface area contributed by atoms with Gasteiger partial charge in [0.2, 0.25) is 5.91 Å². The Balaban J connectivity index is 1.89. The van der Waals surface area contributed by atoms with Gasteiger partial charge in [-0.25, -0.2) is 8.42 Å². The summed E-state index contributed by atoms with van der Waals surface area (Å²) >= 11 is 0. The minimum atomic E-state index is -3.05. The van der Waals surface area contributed by atoms with Crippen molar-refractivity contribution < 1.29 is 13.2 Å². The number of nitriles is 1. The van der Waals surface area contributed by atoms with Gasteiger partial charge in [0.15, 0.2) is 9.84 Å². The second kappa shape index (κ2) is 5.74. The van der Waals surface area contributed by atoms with Crippen molar-refractivity contribution >= 4 is 21.4 Å². The fourth-order valence-electron chi connectivity index (χ4n) is 2.37. The molecule has 7 heteroatoms. The second-order valence-corrected chi connectivity index (χ2v) is 7.68. The summed E-state index contributed by atoms with van der Waals surface area (Å²) < 4.78 is 23.0. The van der Waals surface area contributed by atoms with Crippen molar-refractivity contribution in [2.45, 2.75) is 18.9 Å². The summed E-state index contributed by atoms with van der Waals surface area (Å²) in [5.41, 5.74) is 0.495. The molecule has 2 rings (SSSR count). The van der Waals surface area contributed by atoms with Crippen molar-refractivity contribution in [1.82, 2.24) is 5.32 Å². The minimum absolute atomic E-state index is 0.0182. The summed E-state index contributed by atoms with van der Waals surface area (Å²) in [5.74, 6) is -0.172. The molecular weight excluding hydrogens is 290 g/mol. The van der Waals surface area contributed by atoms with E-state index in [1.54, 1.807) is 31.2 Å². The van der Waals surface area contributed by atoms with E-state index in [0.717, 1.165) is 0 Å². The second-order valence-electron chi connectivity index (χ2n) is 5.50. The number of anilines is 1. The van der Waals surface area contributed by atoms with Crippen LogP contribution in [0.2, 0.25) is 0 Å². The van der Waals surface area contributed by atoms with Crippen LogP contribution >= 0.6 is 0 Å². The van der Waals surface area contributed by atoms with Gasteiger partial charge in [-0.3, -0.25) is 4.79 Å². The highest BCUT2D eigenvalue weighted by molar-refractivity contribution is 7.91. The molecule has 1 atom stereocenters. The summed E-state index contributed by atoms with van der Waals surface area (Å²) in [7, 11) is -3.05. The van der Waals surface area contributed by atoms with Crippen molar-refractivity contribution in [1.29, 1.82) is 5.26 Å². The molecule has 1 saturated heterocycles. The van der Waals surface area contributed by atoms with Crippen LogP contribution < -0.4 is 10.6 Å². The lowest BCUT2D eigenvalue weighted by molar-refractivity contribution is -0.120. The van der Waals surface area contributed by atoms with Crippen molar-refractivity contribution in [2.75, 3.05) is 23.4 Å². The molecule has 0 aliphatic carbocycles. The zero-order valence-corrected chi connectivity index (χ0v) is 12.5. The molecule has 1 fully saturated rings. The third kappa shape index (κ3) is 4.20. The van der Waals surface area contributed by atoms with E-state index in [2.05, 4.69) is 10.6 Å². The van der Waals surface area contributed by atoms with E-state index < -0.39 is 15.4 Å². The Hall–Kier alpha value is -2.07. The maximum Gasteiger partial charge on any atom is 0.239 e. The van der Waals surface area contributed by atoms with Crippen LogP contribution in [0.5, 0.6) is 0 Å². The number of nitrogens with one attached hydrogen (secondary N) is 2. The SMILES string of the molecule is CC1(NC(=O)CNc2cccc(C#N)c2)CCS(=O)(=O)C1. The van der Waals surface area contributed by atoms with Crippen molar-refractivity contribution in [3.05, 3.63) is 29.8 Å². The number of hydrogen-bond donors (Lipinski definition) is 2. The molecule has 1 heterocycles. The van der Waals surface area contributed by atoms with E-state index in [0.29, 0.717) is 17.7 Å². The van der Waals surface area contributed by atoms with Crippen LogP contribution in [0.4, 0.5) is 5.69 Å². The maximum absolute atomic E-state index is 11.9. The van der Waals surface area contributed by atoms with Crippen LogP contribution in [0.1, 0.15) is 18.9 Å². The molecule has 1 aromatic rings. The van der Waals surface area contributed by atoms with Gasteiger partial charge in [0.05, 0.1) is 35.2 Å². The quantitative estimate of drug-likeness (QED) is 0.851. The van der Waals surface area contributed by atoms with Gasteiger partial charge in [-0.15, -0.1) is 0 Å². The van der Waals surface area contributed by atoms with Crippen LogP contribution in [0.15, 0.2) is 24.3 Å². The zero-order chi connectivity index (χ0) is 15.5. The smallest absolute Gasteiger partial charge is 0.239 e. The Labute approximate surface area is 124 Å². The lowest BCUT2D eigenvalue weighted by atomic mass is 10.0. The van der Waals surface area contributed by atoms with Crippen LogP contribution in [0.3, 0.4) is 0 Å². The number of carbonyl (C=O) groups is 1. The lowest BCUT2D eigenvalue weighted by Gasteiger charge is -2.24. The van der Waals surface area contributed by atoms with E-state index >= 15 is 0 Å². The molecular formula is C14H17N3O3S. The third-order valence-electron chi connectivity index (χ3n) is 3.39. The highest BCUT2D eigenvalue weighted by Crippen LogP contribution is 2.22. The normalized spacial score (nSPS) is 23.2. The van der Waals surface area contributed by atoms with Gasteiger partial charge in [0.25, 0.3) is 0 Å². The summed E-state index contributed by atoms with van der Waals surface area (Å²) in [6.07, 6.45) is 0.436. The monoisotopic (exact) mass is 307 g/mol. The lowest BCUT2D eigenvalue weighted by Crippen LogP contribution is -2.48. The van der Waals surface area contributed by atoms with E-state index in [1.807, 2.05) is 6.07 Å². The van der Waals surface area contributed by atoms with E-state index in [1.165, 1.54) is 0 Å². The van der Waals surface area contributed by atoms with Crippen LogP contribution in [-0.2, 0) is 14.6 Å². The van der Waals surface area contributed by atoms with Crippen LogP contribution in [0.25, 0.3) is 0 Å². The largest absolute Gasteiger partial charge is 0.376 e. The first-order valence-electron chi connectivity index (χ1n) is 6.57. The Morgan fingerprint density at radius 2 is 2.24 bits per heavy atom. The molecule has 1 aliphatic heterocycles. The standard InChI is InChI=1S/C14H17N3O3S/c1-14(5-6-21(19,20)10-14)17-13(18)9-16-12-4-2-3-11(7-12)8-15/h2-4,7,16H,5-6,9-10H2,1H3,(H,17,18). The number of hydrogen-bond acceptors (Lipinski definition) is 5. The Morgan fingerprint density at radius 1 is 1.48 bits per heavy atom. The fraction of sp³-hybridized carbons (Fsp3) is 0.429. The Morgan fingerprint density at radius 3 is 2.86 bits per heavy atom. The van der Waals surface area contributed by atoms with Gasteiger partial charge in [-0.05, 0) is 31.5 Å². The molecule has 21 heavy (non-hydrogen) atoms. The molecule has 6 nitrogen and oxygen atoms in total. The van der Waals surface area contributed by atoms with Gasteiger partial charge in [-0.1, -0.05) is 6.07 Å². The average Bonchev–Trinajstić information content (AvgIpc) is 2.70. The molecule has 0 bridgehead atoms. The topological polar surface area (TPSA) is 99.1 Å². The zero-order valence-electron chi connectivity index (χ0n) is 11.7.